The molecule has 4 aromatic rings. The van der Waals surface area contributed by atoms with Crippen molar-refractivity contribution in [2.45, 2.75) is 6.92 Å². The second kappa shape index (κ2) is 8.82. The van der Waals surface area contributed by atoms with Gasteiger partial charge in [0.2, 0.25) is 11.9 Å². The highest BCUT2D eigenvalue weighted by Crippen LogP contribution is 2.33. The molecule has 5 rings (SSSR count). The Hall–Kier alpha value is -4.07. The molecule has 1 amide bonds. The van der Waals surface area contributed by atoms with Crippen LogP contribution in [0.2, 0.25) is 0 Å². The van der Waals surface area contributed by atoms with Gasteiger partial charge in [0, 0.05) is 56.4 Å². The predicted molar refractivity (Wildman–Crippen MR) is 130 cm³/mol. The highest BCUT2D eigenvalue weighted by Gasteiger charge is 2.21. The zero-order valence-corrected chi connectivity index (χ0v) is 18.7. The van der Waals surface area contributed by atoms with Gasteiger partial charge in [0.15, 0.2) is 0 Å². The number of fused-ring (bicyclic) bond motifs is 1. The summed E-state index contributed by atoms with van der Waals surface area (Å²) in [6.07, 6.45) is 3.71. The van der Waals surface area contributed by atoms with Crippen LogP contribution in [0, 0.1) is 0 Å². The van der Waals surface area contributed by atoms with Crippen molar-refractivity contribution < 1.29 is 9.53 Å². The van der Waals surface area contributed by atoms with E-state index in [-0.39, 0.29) is 5.91 Å². The van der Waals surface area contributed by atoms with Crippen LogP contribution in [0.25, 0.3) is 22.2 Å². The molecule has 0 atom stereocenters. The number of hydrogen-bond acceptors (Lipinski definition) is 6. The normalized spacial score (nSPS) is 13.9. The van der Waals surface area contributed by atoms with Gasteiger partial charge in [-0.2, -0.15) is 0 Å². The Morgan fingerprint density at radius 2 is 1.88 bits per heavy atom. The van der Waals surface area contributed by atoms with Gasteiger partial charge in [-0.25, -0.2) is 9.97 Å². The molecule has 2 aromatic carbocycles. The Morgan fingerprint density at radius 1 is 1.06 bits per heavy atom. The first-order valence-electron chi connectivity index (χ1n) is 11.0. The van der Waals surface area contributed by atoms with Crippen LogP contribution in [0.5, 0.6) is 5.75 Å². The second-order valence-electron chi connectivity index (χ2n) is 7.99. The molecule has 0 aliphatic carbocycles. The summed E-state index contributed by atoms with van der Waals surface area (Å²) in [5, 5.41) is 4.44. The number of carbonyl (C=O) groups is 1. The Kier molecular flexibility index (Phi) is 5.56. The minimum Gasteiger partial charge on any atom is -0.495 e. The van der Waals surface area contributed by atoms with Crippen LogP contribution >= 0.6 is 0 Å². The van der Waals surface area contributed by atoms with E-state index in [9.17, 15) is 4.79 Å². The maximum absolute atomic E-state index is 11.7. The molecule has 1 saturated heterocycles. The number of benzene rings is 2. The topological polar surface area (TPSA) is 86.4 Å². The van der Waals surface area contributed by atoms with Gasteiger partial charge < -0.3 is 24.8 Å². The van der Waals surface area contributed by atoms with Gasteiger partial charge in [-0.15, -0.1) is 0 Å². The number of hydrogen-bond donors (Lipinski definition) is 2. The molecular weight excluding hydrogens is 416 g/mol. The van der Waals surface area contributed by atoms with E-state index in [1.54, 1.807) is 20.2 Å². The summed E-state index contributed by atoms with van der Waals surface area (Å²) in [6, 6.07) is 16.0. The highest BCUT2D eigenvalue weighted by molar-refractivity contribution is 5.97. The largest absolute Gasteiger partial charge is 0.495 e. The third-order valence-corrected chi connectivity index (χ3v) is 6.04. The van der Waals surface area contributed by atoms with E-state index in [1.165, 1.54) is 0 Å². The Labute approximate surface area is 192 Å². The number of amides is 1. The number of H-pyrrole nitrogens is 1. The SMILES string of the molecule is COc1cccc2c(-c3ccnc(Nc4ccccc4N4CCN(C(C)=O)CC4)n3)c[nH]c12. The first-order valence-corrected chi connectivity index (χ1v) is 11.0. The number of carbonyl (C=O) groups excluding carboxylic acids is 1. The summed E-state index contributed by atoms with van der Waals surface area (Å²) in [5.74, 6) is 1.45. The van der Waals surface area contributed by atoms with Crippen LogP contribution < -0.4 is 15.0 Å². The Balaban J connectivity index is 1.41. The van der Waals surface area contributed by atoms with Crippen LogP contribution in [0.1, 0.15) is 6.92 Å². The maximum atomic E-state index is 11.7. The summed E-state index contributed by atoms with van der Waals surface area (Å²) in [6.45, 7) is 4.64. The van der Waals surface area contributed by atoms with Crippen LogP contribution in [-0.2, 0) is 4.79 Å². The van der Waals surface area contributed by atoms with Crippen molar-refractivity contribution in [3.8, 4) is 17.0 Å². The lowest BCUT2D eigenvalue weighted by molar-refractivity contribution is -0.129. The number of nitrogens with zero attached hydrogens (tertiary/aromatic N) is 4. The molecule has 2 N–H and O–H groups in total. The molecule has 0 bridgehead atoms. The lowest BCUT2D eigenvalue weighted by Gasteiger charge is -2.36. The number of aromatic nitrogens is 3. The lowest BCUT2D eigenvalue weighted by Crippen LogP contribution is -2.48. The number of piperazine rings is 1. The van der Waals surface area contributed by atoms with Crippen molar-refractivity contribution in [1.82, 2.24) is 19.9 Å². The fourth-order valence-corrected chi connectivity index (χ4v) is 4.32. The van der Waals surface area contributed by atoms with Crippen molar-refractivity contribution in [2.75, 3.05) is 43.5 Å². The van der Waals surface area contributed by atoms with Crippen molar-refractivity contribution >= 4 is 34.1 Å². The van der Waals surface area contributed by atoms with Gasteiger partial charge in [-0.05, 0) is 24.3 Å². The highest BCUT2D eigenvalue weighted by atomic mass is 16.5. The van der Waals surface area contributed by atoms with Crippen molar-refractivity contribution in [2.24, 2.45) is 0 Å². The average Bonchev–Trinajstić information content (AvgIpc) is 3.29. The zero-order chi connectivity index (χ0) is 22.8. The van der Waals surface area contributed by atoms with Gasteiger partial charge in [-0.3, -0.25) is 4.79 Å². The van der Waals surface area contributed by atoms with E-state index in [0.717, 1.165) is 65.5 Å². The predicted octanol–water partition coefficient (Wildman–Crippen LogP) is 4.05. The summed E-state index contributed by atoms with van der Waals surface area (Å²) in [4.78, 5) is 28.4. The number of rotatable bonds is 5. The number of anilines is 3. The van der Waals surface area contributed by atoms with Crippen molar-refractivity contribution in [1.29, 1.82) is 0 Å². The molecule has 1 fully saturated rings. The maximum Gasteiger partial charge on any atom is 0.227 e. The third kappa shape index (κ3) is 4.07. The molecule has 3 heterocycles. The molecular formula is C25H26N6O2. The molecule has 33 heavy (non-hydrogen) atoms. The van der Waals surface area contributed by atoms with Crippen LogP contribution in [0.15, 0.2) is 60.9 Å². The standard InChI is InChI=1S/C25H26N6O2/c1-17(32)30-12-14-31(15-13-30)22-8-4-3-7-21(22)29-25-26-11-10-20(28-25)19-16-27-24-18(19)6-5-9-23(24)33-2/h3-11,16,27H,12-15H2,1-2H3,(H,26,28,29). The first kappa shape index (κ1) is 20.8. The summed E-state index contributed by atoms with van der Waals surface area (Å²) in [7, 11) is 1.67. The van der Waals surface area contributed by atoms with Crippen molar-refractivity contribution in [3.05, 3.63) is 60.9 Å². The van der Waals surface area contributed by atoms with Crippen molar-refractivity contribution in [3.63, 3.8) is 0 Å². The van der Waals surface area contributed by atoms with E-state index >= 15 is 0 Å². The number of nitrogens with one attached hydrogen (secondary N) is 2. The molecule has 0 spiro atoms. The van der Waals surface area contributed by atoms with Gasteiger partial charge in [0.05, 0.1) is 29.7 Å². The second-order valence-corrected chi connectivity index (χ2v) is 7.99. The quantitative estimate of drug-likeness (QED) is 0.485. The van der Waals surface area contributed by atoms with Crippen LogP contribution in [0.4, 0.5) is 17.3 Å². The molecule has 8 heteroatoms. The number of ether oxygens (including phenoxy) is 1. The van der Waals surface area contributed by atoms with Crippen LogP contribution in [0.3, 0.4) is 0 Å². The van der Waals surface area contributed by atoms with E-state index in [0.29, 0.717) is 5.95 Å². The van der Waals surface area contributed by atoms with Crippen LogP contribution in [-0.4, -0.2) is 59.0 Å². The molecule has 8 nitrogen and oxygen atoms in total. The van der Waals surface area contributed by atoms with E-state index < -0.39 is 0 Å². The fraction of sp³-hybridized carbons (Fsp3) is 0.240. The molecule has 168 valence electrons. The van der Waals surface area contributed by atoms with Gasteiger partial charge in [0.1, 0.15) is 5.75 Å². The van der Waals surface area contributed by atoms with Gasteiger partial charge in [0.25, 0.3) is 0 Å². The lowest BCUT2D eigenvalue weighted by atomic mass is 10.1. The third-order valence-electron chi connectivity index (χ3n) is 6.04. The zero-order valence-electron chi connectivity index (χ0n) is 18.7. The molecule has 0 saturated carbocycles. The molecule has 0 radical (unpaired) electrons. The fourth-order valence-electron chi connectivity index (χ4n) is 4.32. The Morgan fingerprint density at radius 3 is 2.67 bits per heavy atom. The minimum absolute atomic E-state index is 0.126. The van der Waals surface area contributed by atoms with E-state index in [2.05, 4.69) is 32.3 Å². The summed E-state index contributed by atoms with van der Waals surface area (Å²) >= 11 is 0. The number of para-hydroxylation sites is 3. The molecule has 2 aromatic heterocycles. The van der Waals surface area contributed by atoms with E-state index in [4.69, 9.17) is 9.72 Å². The summed E-state index contributed by atoms with van der Waals surface area (Å²) < 4.78 is 5.47. The average molecular weight is 443 g/mol. The first-order chi connectivity index (χ1) is 16.1. The smallest absolute Gasteiger partial charge is 0.227 e. The van der Waals surface area contributed by atoms with Gasteiger partial charge in [-0.1, -0.05) is 24.3 Å². The monoisotopic (exact) mass is 442 g/mol. The molecule has 0 unspecified atom stereocenters. The molecule has 1 aliphatic heterocycles. The minimum atomic E-state index is 0.126. The Bertz CT molecular complexity index is 1290. The van der Waals surface area contributed by atoms with E-state index in [1.807, 2.05) is 47.5 Å². The molecule has 1 aliphatic rings. The van der Waals surface area contributed by atoms with Gasteiger partial charge >= 0.3 is 0 Å². The summed E-state index contributed by atoms with van der Waals surface area (Å²) in [5.41, 5.74) is 4.76. The number of methoxy groups -OCH3 is 1. The number of aromatic amines is 1.